The van der Waals surface area contributed by atoms with Gasteiger partial charge in [0.25, 0.3) is 0 Å². The second-order valence-electron chi connectivity index (χ2n) is 4.30. The largest absolute Gasteiger partial charge is 0.481 e. The van der Waals surface area contributed by atoms with E-state index in [1.54, 1.807) is 6.20 Å². The van der Waals surface area contributed by atoms with Crippen molar-refractivity contribution in [2.45, 2.75) is 0 Å². The van der Waals surface area contributed by atoms with Crippen LogP contribution in [0.1, 0.15) is 0 Å². The summed E-state index contributed by atoms with van der Waals surface area (Å²) in [5.74, 6) is -0.0853. The molecule has 2 heterocycles. The number of nitrogens with zero attached hydrogens (tertiary/aromatic N) is 2. The molecule has 2 aromatic rings. The Labute approximate surface area is 98.5 Å². The molecule has 0 aliphatic carbocycles. The van der Waals surface area contributed by atoms with Crippen molar-refractivity contribution in [2.24, 2.45) is 5.92 Å². The fourth-order valence-corrected chi connectivity index (χ4v) is 2.16. The summed E-state index contributed by atoms with van der Waals surface area (Å²) in [4.78, 5) is 17.1. The summed E-state index contributed by atoms with van der Waals surface area (Å²) in [6, 6.07) is 9.98. The molecule has 1 saturated heterocycles. The third kappa shape index (κ3) is 1.62. The van der Waals surface area contributed by atoms with Gasteiger partial charge in [0.2, 0.25) is 0 Å². The molecule has 3 rings (SSSR count). The average molecular weight is 228 g/mol. The molecule has 17 heavy (non-hydrogen) atoms. The summed E-state index contributed by atoms with van der Waals surface area (Å²) in [7, 11) is 0. The van der Waals surface area contributed by atoms with Crippen molar-refractivity contribution < 1.29 is 9.90 Å². The Morgan fingerprint density at radius 1 is 1.29 bits per heavy atom. The maximum atomic E-state index is 10.8. The number of pyridine rings is 1. The van der Waals surface area contributed by atoms with Crippen molar-refractivity contribution in [3.63, 3.8) is 0 Å². The number of aliphatic carboxylic acids is 1. The van der Waals surface area contributed by atoms with Gasteiger partial charge in [0, 0.05) is 24.7 Å². The van der Waals surface area contributed by atoms with Crippen LogP contribution in [0.5, 0.6) is 0 Å². The standard InChI is InChI=1S/C13H12N2O2/c16-13(17)10-7-15(8-10)12-11-4-2-1-3-9(11)5-6-14-12/h1-6,10H,7-8H2,(H,16,17). The lowest BCUT2D eigenvalue weighted by Gasteiger charge is -2.38. The highest BCUT2D eigenvalue weighted by atomic mass is 16.4. The molecule has 0 unspecified atom stereocenters. The Hall–Kier alpha value is -2.10. The normalized spacial score (nSPS) is 15.9. The van der Waals surface area contributed by atoms with Gasteiger partial charge in [0.05, 0.1) is 5.92 Å². The number of fused-ring (bicyclic) bond motifs is 1. The van der Waals surface area contributed by atoms with Crippen LogP contribution in [0.3, 0.4) is 0 Å². The highest BCUT2D eigenvalue weighted by Gasteiger charge is 2.33. The van der Waals surface area contributed by atoms with E-state index in [-0.39, 0.29) is 5.92 Å². The van der Waals surface area contributed by atoms with E-state index in [9.17, 15) is 4.79 Å². The minimum atomic E-state index is -0.721. The van der Waals surface area contributed by atoms with Crippen LogP contribution in [0, 0.1) is 5.92 Å². The third-order valence-electron chi connectivity index (χ3n) is 3.18. The summed E-state index contributed by atoms with van der Waals surface area (Å²) < 4.78 is 0. The lowest BCUT2D eigenvalue weighted by Crippen LogP contribution is -2.50. The van der Waals surface area contributed by atoms with Gasteiger partial charge in [-0.1, -0.05) is 24.3 Å². The van der Waals surface area contributed by atoms with Crippen LogP contribution in [0.25, 0.3) is 10.8 Å². The molecule has 0 bridgehead atoms. The molecule has 0 spiro atoms. The fraction of sp³-hybridized carbons (Fsp3) is 0.231. The van der Waals surface area contributed by atoms with Gasteiger partial charge >= 0.3 is 5.97 Å². The van der Waals surface area contributed by atoms with Crippen LogP contribution >= 0.6 is 0 Å². The van der Waals surface area contributed by atoms with E-state index < -0.39 is 5.97 Å². The minimum absolute atomic E-state index is 0.254. The van der Waals surface area contributed by atoms with Crippen LogP contribution in [0.15, 0.2) is 36.5 Å². The summed E-state index contributed by atoms with van der Waals surface area (Å²) >= 11 is 0. The van der Waals surface area contributed by atoms with Gasteiger partial charge in [-0.3, -0.25) is 4.79 Å². The zero-order valence-corrected chi connectivity index (χ0v) is 9.21. The van der Waals surface area contributed by atoms with E-state index in [0.717, 1.165) is 16.6 Å². The van der Waals surface area contributed by atoms with Crippen LogP contribution in [0.4, 0.5) is 5.82 Å². The Morgan fingerprint density at radius 2 is 2.06 bits per heavy atom. The molecular weight excluding hydrogens is 216 g/mol. The van der Waals surface area contributed by atoms with Crippen molar-refractivity contribution >= 4 is 22.6 Å². The van der Waals surface area contributed by atoms with Gasteiger partial charge in [0.15, 0.2) is 0 Å². The van der Waals surface area contributed by atoms with E-state index in [1.165, 1.54) is 0 Å². The number of carboxylic acids is 1. The Balaban J connectivity index is 1.94. The first kappa shape index (κ1) is 10.1. The predicted octanol–water partition coefficient (Wildman–Crippen LogP) is 1.76. The topological polar surface area (TPSA) is 53.4 Å². The van der Waals surface area contributed by atoms with Gasteiger partial charge in [-0.05, 0) is 11.5 Å². The van der Waals surface area contributed by atoms with Gasteiger partial charge in [-0.15, -0.1) is 0 Å². The van der Waals surface area contributed by atoms with Crippen LogP contribution < -0.4 is 4.90 Å². The van der Waals surface area contributed by atoms with Crippen molar-refractivity contribution in [3.05, 3.63) is 36.5 Å². The number of carboxylic acid groups (broad SMARTS) is 1. The lowest BCUT2D eigenvalue weighted by atomic mass is 9.99. The summed E-state index contributed by atoms with van der Waals surface area (Å²) in [6.07, 6.45) is 1.77. The molecule has 0 radical (unpaired) electrons. The van der Waals surface area contributed by atoms with Crippen molar-refractivity contribution in [1.29, 1.82) is 0 Å². The van der Waals surface area contributed by atoms with Crippen LogP contribution in [-0.4, -0.2) is 29.1 Å². The van der Waals surface area contributed by atoms with E-state index in [0.29, 0.717) is 13.1 Å². The maximum absolute atomic E-state index is 10.8. The first-order valence-electron chi connectivity index (χ1n) is 5.57. The van der Waals surface area contributed by atoms with Gasteiger partial charge in [0.1, 0.15) is 5.82 Å². The molecule has 1 aromatic heterocycles. The molecular formula is C13H12N2O2. The summed E-state index contributed by atoms with van der Waals surface area (Å²) in [5.41, 5.74) is 0. The Kier molecular flexibility index (Phi) is 2.21. The zero-order chi connectivity index (χ0) is 11.8. The molecule has 4 nitrogen and oxygen atoms in total. The number of benzene rings is 1. The molecule has 0 amide bonds. The second kappa shape index (κ2) is 3.73. The molecule has 1 fully saturated rings. The zero-order valence-electron chi connectivity index (χ0n) is 9.21. The average Bonchev–Trinajstić information content (AvgIpc) is 2.27. The molecule has 1 aliphatic heterocycles. The number of anilines is 1. The summed E-state index contributed by atoms with van der Waals surface area (Å²) in [5, 5.41) is 11.1. The van der Waals surface area contributed by atoms with Crippen molar-refractivity contribution in [3.8, 4) is 0 Å². The predicted molar refractivity (Wildman–Crippen MR) is 65.1 cm³/mol. The van der Waals surface area contributed by atoms with E-state index >= 15 is 0 Å². The molecule has 0 atom stereocenters. The molecule has 1 aliphatic rings. The summed E-state index contributed by atoms with van der Waals surface area (Å²) in [6.45, 7) is 1.10. The highest BCUT2D eigenvalue weighted by Crippen LogP contribution is 2.29. The number of aromatic nitrogens is 1. The van der Waals surface area contributed by atoms with Crippen LogP contribution in [0.2, 0.25) is 0 Å². The van der Waals surface area contributed by atoms with Gasteiger partial charge in [-0.2, -0.15) is 0 Å². The smallest absolute Gasteiger partial charge is 0.310 e. The van der Waals surface area contributed by atoms with E-state index in [4.69, 9.17) is 5.11 Å². The van der Waals surface area contributed by atoms with Gasteiger partial charge < -0.3 is 10.0 Å². The lowest BCUT2D eigenvalue weighted by molar-refractivity contribution is -0.142. The van der Waals surface area contributed by atoms with E-state index in [2.05, 4.69) is 4.98 Å². The van der Waals surface area contributed by atoms with Crippen molar-refractivity contribution in [1.82, 2.24) is 4.98 Å². The molecule has 4 heteroatoms. The number of hydrogen-bond acceptors (Lipinski definition) is 3. The SMILES string of the molecule is O=C(O)C1CN(c2nccc3ccccc23)C1. The fourth-order valence-electron chi connectivity index (χ4n) is 2.16. The third-order valence-corrected chi connectivity index (χ3v) is 3.18. The Morgan fingerprint density at radius 3 is 2.82 bits per heavy atom. The van der Waals surface area contributed by atoms with Gasteiger partial charge in [-0.25, -0.2) is 4.98 Å². The highest BCUT2D eigenvalue weighted by molar-refractivity contribution is 5.92. The number of hydrogen-bond donors (Lipinski definition) is 1. The maximum Gasteiger partial charge on any atom is 0.310 e. The molecule has 1 aromatic carbocycles. The van der Waals surface area contributed by atoms with Crippen molar-refractivity contribution in [2.75, 3.05) is 18.0 Å². The van der Waals surface area contributed by atoms with Crippen LogP contribution in [-0.2, 0) is 4.79 Å². The molecule has 1 N–H and O–H groups in total. The quantitative estimate of drug-likeness (QED) is 0.850. The second-order valence-corrected chi connectivity index (χ2v) is 4.30. The van der Waals surface area contributed by atoms with E-state index in [1.807, 2.05) is 35.2 Å². The molecule has 0 saturated carbocycles. The number of rotatable bonds is 2. The monoisotopic (exact) mass is 228 g/mol. The number of carbonyl (C=O) groups is 1. The minimum Gasteiger partial charge on any atom is -0.481 e. The first-order valence-corrected chi connectivity index (χ1v) is 5.57. The first-order chi connectivity index (χ1) is 8.25. The Bertz CT molecular complexity index is 571. The molecule has 86 valence electrons.